The van der Waals surface area contributed by atoms with Gasteiger partial charge >= 0.3 is 0 Å². The third-order valence-electron chi connectivity index (χ3n) is 4.85. The molecule has 2 atom stereocenters. The quantitative estimate of drug-likeness (QED) is 0.832. The number of hydrogen-bond acceptors (Lipinski definition) is 4. The van der Waals surface area contributed by atoms with E-state index in [2.05, 4.69) is 5.32 Å². The molecule has 0 spiro atoms. The van der Waals surface area contributed by atoms with Crippen LogP contribution in [0.3, 0.4) is 0 Å². The summed E-state index contributed by atoms with van der Waals surface area (Å²) < 4.78 is 57.0. The van der Waals surface area contributed by atoms with Gasteiger partial charge in [-0.1, -0.05) is 11.6 Å². The Hall–Kier alpha value is -1.29. The van der Waals surface area contributed by atoms with Crippen LogP contribution in [-0.2, 0) is 14.8 Å². The number of sulfonamides is 1. The Labute approximate surface area is 151 Å². The van der Waals surface area contributed by atoms with Crippen LogP contribution >= 0.6 is 22.9 Å². The average Bonchev–Trinajstić information content (AvgIpc) is 3.09. The Morgan fingerprint density at radius 1 is 1.32 bits per heavy atom. The maximum Gasteiger partial charge on any atom is 0.262 e. The van der Waals surface area contributed by atoms with Crippen molar-refractivity contribution in [1.29, 1.82) is 0 Å². The Bertz CT molecular complexity index is 1030. The van der Waals surface area contributed by atoms with Crippen LogP contribution in [0.1, 0.15) is 5.56 Å². The lowest BCUT2D eigenvalue weighted by Crippen LogP contribution is -2.47. The number of aryl methyl sites for hydroxylation is 1. The summed E-state index contributed by atoms with van der Waals surface area (Å²) in [6.07, 6.45) is 0. The fourth-order valence-corrected chi connectivity index (χ4v) is 6.93. The van der Waals surface area contributed by atoms with Crippen molar-refractivity contribution in [2.75, 3.05) is 19.6 Å². The van der Waals surface area contributed by atoms with Crippen LogP contribution in [0.25, 0.3) is 10.1 Å². The van der Waals surface area contributed by atoms with E-state index in [1.807, 2.05) is 0 Å². The van der Waals surface area contributed by atoms with Gasteiger partial charge in [-0.2, -0.15) is 4.31 Å². The van der Waals surface area contributed by atoms with E-state index < -0.39 is 46.9 Å². The molecule has 1 aromatic heterocycles. The van der Waals surface area contributed by atoms with Crippen molar-refractivity contribution in [3.63, 3.8) is 0 Å². The Morgan fingerprint density at radius 2 is 2.04 bits per heavy atom. The van der Waals surface area contributed by atoms with E-state index >= 15 is 0 Å². The molecule has 2 aromatic rings. The van der Waals surface area contributed by atoms with Gasteiger partial charge in [0.25, 0.3) is 15.9 Å². The van der Waals surface area contributed by atoms with Gasteiger partial charge in [0.05, 0.1) is 19.6 Å². The molecule has 2 fully saturated rings. The van der Waals surface area contributed by atoms with Crippen LogP contribution in [-0.4, -0.2) is 49.6 Å². The van der Waals surface area contributed by atoms with E-state index in [4.69, 9.17) is 11.6 Å². The van der Waals surface area contributed by atoms with Crippen molar-refractivity contribution in [3.8, 4) is 0 Å². The molecule has 1 N–H and O–H groups in total. The van der Waals surface area contributed by atoms with Gasteiger partial charge in [-0.15, -0.1) is 11.3 Å². The number of benzene rings is 1. The molecule has 2 aliphatic rings. The highest BCUT2D eigenvalue weighted by atomic mass is 35.5. The first-order chi connectivity index (χ1) is 11.6. The molecule has 5 nitrogen and oxygen atoms in total. The number of carbonyl (C=O) groups is 1. The number of fused-ring (bicyclic) bond motifs is 2. The standard InChI is InChI=1S/C15H13ClF2N2O3S2/c1-8-10-4-9(16)2-3-11(10)24-12(8)25(22,23)20-6-14(17)5-19-13(21)15(14,18)7-20/h2-4H,5-7H2,1H3,(H,19,21)/t14-,15-/m1/s1. The predicted molar refractivity (Wildman–Crippen MR) is 91.0 cm³/mol. The summed E-state index contributed by atoms with van der Waals surface area (Å²) in [5.74, 6) is -1.10. The SMILES string of the molecule is Cc1c(S(=O)(=O)N2C[C@]3(F)CNC(=O)[C@]3(F)C2)sc2ccc(Cl)cc12. The fraction of sp³-hybridized carbons (Fsp3) is 0.400. The first kappa shape index (κ1) is 17.1. The summed E-state index contributed by atoms with van der Waals surface area (Å²) in [7, 11) is -4.14. The minimum absolute atomic E-state index is 0.0114. The van der Waals surface area contributed by atoms with E-state index in [0.717, 1.165) is 15.6 Å². The molecule has 0 radical (unpaired) electrons. The minimum atomic E-state index is -4.14. The lowest BCUT2D eigenvalue weighted by Gasteiger charge is -2.19. The second-order valence-electron chi connectivity index (χ2n) is 6.38. The highest BCUT2D eigenvalue weighted by Gasteiger charge is 2.70. The van der Waals surface area contributed by atoms with Crippen molar-refractivity contribution < 1.29 is 22.0 Å². The third-order valence-corrected chi connectivity index (χ3v) is 8.75. The van der Waals surface area contributed by atoms with Crippen LogP contribution in [0.2, 0.25) is 5.02 Å². The molecule has 2 saturated heterocycles. The number of carbonyl (C=O) groups excluding carboxylic acids is 1. The van der Waals surface area contributed by atoms with E-state index in [0.29, 0.717) is 20.7 Å². The molecule has 0 unspecified atom stereocenters. The van der Waals surface area contributed by atoms with Crippen LogP contribution in [0.4, 0.5) is 8.78 Å². The molecule has 10 heteroatoms. The normalized spacial score (nSPS) is 30.0. The number of rotatable bonds is 2. The van der Waals surface area contributed by atoms with Crippen molar-refractivity contribution >= 4 is 49.0 Å². The molecule has 134 valence electrons. The third kappa shape index (κ3) is 2.19. The highest BCUT2D eigenvalue weighted by molar-refractivity contribution is 7.91. The minimum Gasteiger partial charge on any atom is -0.350 e. The monoisotopic (exact) mass is 406 g/mol. The van der Waals surface area contributed by atoms with Crippen LogP contribution in [0, 0.1) is 6.92 Å². The molecule has 25 heavy (non-hydrogen) atoms. The van der Waals surface area contributed by atoms with Gasteiger partial charge in [0.2, 0.25) is 5.67 Å². The Morgan fingerprint density at radius 3 is 2.72 bits per heavy atom. The molecular weight excluding hydrogens is 394 g/mol. The largest absolute Gasteiger partial charge is 0.350 e. The van der Waals surface area contributed by atoms with Crippen molar-refractivity contribution in [3.05, 3.63) is 28.8 Å². The summed E-state index contributed by atoms with van der Waals surface area (Å²) in [6, 6.07) is 5.00. The average molecular weight is 407 g/mol. The second kappa shape index (κ2) is 5.12. The topological polar surface area (TPSA) is 66.5 Å². The zero-order chi connectivity index (χ0) is 18.2. The number of hydrogen-bond donors (Lipinski definition) is 1. The molecule has 0 aliphatic carbocycles. The van der Waals surface area contributed by atoms with Gasteiger partial charge < -0.3 is 5.32 Å². The summed E-state index contributed by atoms with van der Waals surface area (Å²) in [4.78, 5) is 11.7. The maximum absolute atomic E-state index is 14.8. The number of amides is 1. The molecule has 3 heterocycles. The lowest BCUT2D eigenvalue weighted by atomic mass is 9.93. The van der Waals surface area contributed by atoms with Gasteiger partial charge in [-0.25, -0.2) is 17.2 Å². The second-order valence-corrected chi connectivity index (χ2v) is 10.00. The number of nitrogens with one attached hydrogen (secondary N) is 1. The molecule has 0 bridgehead atoms. The van der Waals surface area contributed by atoms with E-state index in [1.54, 1.807) is 25.1 Å². The van der Waals surface area contributed by atoms with Gasteiger partial charge in [0.15, 0.2) is 5.67 Å². The molecule has 0 saturated carbocycles. The number of halogens is 3. The summed E-state index contributed by atoms with van der Waals surface area (Å²) in [6.45, 7) is -0.428. The van der Waals surface area contributed by atoms with E-state index in [9.17, 15) is 22.0 Å². The predicted octanol–water partition coefficient (Wildman–Crippen LogP) is 2.41. The smallest absolute Gasteiger partial charge is 0.262 e. The molecule has 1 aromatic carbocycles. The zero-order valence-electron chi connectivity index (χ0n) is 13.0. The van der Waals surface area contributed by atoms with E-state index in [1.165, 1.54) is 0 Å². The number of thiophene rings is 1. The van der Waals surface area contributed by atoms with Crippen molar-refractivity contribution in [2.45, 2.75) is 22.5 Å². The first-order valence-electron chi connectivity index (χ1n) is 7.43. The highest BCUT2D eigenvalue weighted by Crippen LogP contribution is 2.45. The summed E-state index contributed by atoms with van der Waals surface area (Å²) >= 11 is 6.98. The zero-order valence-corrected chi connectivity index (χ0v) is 15.4. The maximum atomic E-state index is 14.8. The number of nitrogens with zero attached hydrogens (tertiary/aromatic N) is 1. The summed E-state index contributed by atoms with van der Waals surface area (Å²) in [5.41, 5.74) is -4.93. The van der Waals surface area contributed by atoms with Crippen LogP contribution in [0.5, 0.6) is 0 Å². The first-order valence-corrected chi connectivity index (χ1v) is 10.1. The Balaban J connectivity index is 1.79. The molecule has 4 rings (SSSR count). The molecular formula is C15H13ClF2N2O3S2. The van der Waals surface area contributed by atoms with Crippen molar-refractivity contribution in [2.24, 2.45) is 0 Å². The van der Waals surface area contributed by atoms with Crippen LogP contribution < -0.4 is 5.32 Å². The summed E-state index contributed by atoms with van der Waals surface area (Å²) in [5, 5.41) is 3.28. The van der Waals surface area contributed by atoms with Gasteiger partial charge in [0.1, 0.15) is 4.21 Å². The Kier molecular flexibility index (Phi) is 3.51. The molecule has 1 amide bonds. The van der Waals surface area contributed by atoms with E-state index in [-0.39, 0.29) is 4.21 Å². The van der Waals surface area contributed by atoms with Gasteiger partial charge in [-0.3, -0.25) is 4.79 Å². The van der Waals surface area contributed by atoms with Crippen molar-refractivity contribution in [1.82, 2.24) is 9.62 Å². The number of alkyl halides is 2. The van der Waals surface area contributed by atoms with Gasteiger partial charge in [0, 0.05) is 9.72 Å². The van der Waals surface area contributed by atoms with Gasteiger partial charge in [-0.05, 0) is 36.1 Å². The fourth-order valence-electron chi connectivity index (χ4n) is 3.38. The molecule has 2 aliphatic heterocycles. The lowest BCUT2D eigenvalue weighted by molar-refractivity contribution is -0.131. The van der Waals surface area contributed by atoms with Crippen LogP contribution in [0.15, 0.2) is 22.4 Å².